The van der Waals surface area contributed by atoms with Crippen LogP contribution in [0.4, 0.5) is 4.39 Å². The van der Waals surface area contributed by atoms with Gasteiger partial charge in [-0.2, -0.15) is 0 Å². The van der Waals surface area contributed by atoms with Gasteiger partial charge >= 0.3 is 0 Å². The van der Waals surface area contributed by atoms with Gasteiger partial charge in [0.15, 0.2) is 0 Å². The highest BCUT2D eigenvalue weighted by Gasteiger charge is 2.22. The maximum absolute atomic E-state index is 14.9. The Morgan fingerprint density at radius 2 is 2.07 bits per heavy atom. The smallest absolute Gasteiger partial charge is 0.262 e. The van der Waals surface area contributed by atoms with Crippen molar-refractivity contribution in [2.75, 3.05) is 20.6 Å². The molecule has 0 spiro atoms. The molecule has 0 aliphatic carbocycles. The molecule has 1 aromatic carbocycles. The van der Waals surface area contributed by atoms with E-state index in [9.17, 15) is 14.3 Å². The first kappa shape index (κ1) is 20.0. The van der Waals surface area contributed by atoms with Crippen LogP contribution in [0.2, 0.25) is 0 Å². The molecule has 28 heavy (non-hydrogen) atoms. The van der Waals surface area contributed by atoms with Gasteiger partial charge in [-0.1, -0.05) is 24.8 Å². The standard InChI is InChI=1S/C22H23FN2O2S/c1-13-16-9-11-28-21(16)22(27)24-10-5-6-19(26)20(13)15-7-8-17(18(23)12-15)14(2)25(3)4/h5-9,11-12,14,26H,1,10H2,2-4H3,(H,24,27)/b6-5-,20-19-. The number of amides is 1. The van der Waals surface area contributed by atoms with Gasteiger partial charge in [0.1, 0.15) is 11.6 Å². The monoisotopic (exact) mass is 398 g/mol. The van der Waals surface area contributed by atoms with Crippen molar-refractivity contribution in [1.82, 2.24) is 10.2 Å². The Labute approximate surface area is 168 Å². The number of allylic oxidation sites excluding steroid dienone is 3. The number of hydrogen-bond donors (Lipinski definition) is 2. The first-order valence-corrected chi connectivity index (χ1v) is 9.80. The molecule has 2 N–H and O–H groups in total. The summed E-state index contributed by atoms with van der Waals surface area (Å²) in [5.41, 5.74) is 2.60. The lowest BCUT2D eigenvalue weighted by Crippen LogP contribution is -2.23. The highest BCUT2D eigenvalue weighted by atomic mass is 32.1. The van der Waals surface area contributed by atoms with Gasteiger partial charge in [-0.3, -0.25) is 4.79 Å². The van der Waals surface area contributed by atoms with E-state index in [1.165, 1.54) is 23.5 Å². The molecule has 6 heteroatoms. The number of hydrogen-bond acceptors (Lipinski definition) is 4. The van der Waals surface area contributed by atoms with E-state index in [1.54, 1.807) is 29.7 Å². The van der Waals surface area contributed by atoms with Gasteiger partial charge < -0.3 is 15.3 Å². The highest BCUT2D eigenvalue weighted by Crippen LogP contribution is 2.37. The number of benzene rings is 1. The quantitative estimate of drug-likeness (QED) is 0.781. The van der Waals surface area contributed by atoms with E-state index in [4.69, 9.17) is 0 Å². The molecule has 0 saturated carbocycles. The zero-order valence-electron chi connectivity index (χ0n) is 16.1. The molecule has 146 valence electrons. The lowest BCUT2D eigenvalue weighted by Gasteiger charge is -2.22. The lowest BCUT2D eigenvalue weighted by atomic mass is 9.90. The molecule has 2 aromatic rings. The molecular formula is C22H23FN2O2S. The molecule has 2 heterocycles. The summed E-state index contributed by atoms with van der Waals surface area (Å²) in [6.07, 6.45) is 3.16. The summed E-state index contributed by atoms with van der Waals surface area (Å²) in [4.78, 5) is 14.8. The van der Waals surface area contributed by atoms with Crippen LogP contribution in [0, 0.1) is 5.82 Å². The molecule has 0 fully saturated rings. The molecule has 0 radical (unpaired) electrons. The Bertz CT molecular complexity index is 988. The number of carbonyl (C=O) groups is 1. The summed E-state index contributed by atoms with van der Waals surface area (Å²) in [7, 11) is 3.78. The molecule has 1 unspecified atom stereocenters. The first-order valence-electron chi connectivity index (χ1n) is 8.92. The minimum atomic E-state index is -0.351. The second kappa shape index (κ2) is 8.12. The molecule has 1 aliphatic rings. The van der Waals surface area contributed by atoms with Gasteiger partial charge in [-0.15, -0.1) is 11.3 Å². The Morgan fingerprint density at radius 3 is 2.75 bits per heavy atom. The lowest BCUT2D eigenvalue weighted by molar-refractivity contribution is 0.0961. The highest BCUT2D eigenvalue weighted by molar-refractivity contribution is 7.12. The van der Waals surface area contributed by atoms with Gasteiger partial charge in [0.25, 0.3) is 5.91 Å². The summed E-state index contributed by atoms with van der Waals surface area (Å²) in [5, 5.41) is 15.3. The largest absolute Gasteiger partial charge is 0.507 e. The molecule has 1 aromatic heterocycles. The van der Waals surface area contributed by atoms with Crippen molar-refractivity contribution in [2.24, 2.45) is 0 Å². The second-order valence-electron chi connectivity index (χ2n) is 6.89. The van der Waals surface area contributed by atoms with Gasteiger partial charge in [-0.25, -0.2) is 4.39 Å². The van der Waals surface area contributed by atoms with Crippen molar-refractivity contribution in [2.45, 2.75) is 13.0 Å². The average Bonchev–Trinajstić information content (AvgIpc) is 3.14. The van der Waals surface area contributed by atoms with E-state index in [1.807, 2.05) is 25.9 Å². The number of rotatable bonds is 3. The molecule has 0 bridgehead atoms. The fraction of sp³-hybridized carbons (Fsp3) is 0.227. The van der Waals surface area contributed by atoms with Crippen LogP contribution >= 0.6 is 11.3 Å². The minimum absolute atomic E-state index is 0.0221. The number of fused-ring (bicyclic) bond motifs is 1. The van der Waals surface area contributed by atoms with Crippen LogP contribution in [0.15, 0.2) is 54.1 Å². The van der Waals surface area contributed by atoms with E-state index >= 15 is 0 Å². The number of carbonyl (C=O) groups excluding carboxylic acids is 1. The average molecular weight is 399 g/mol. The molecule has 3 rings (SSSR count). The third kappa shape index (κ3) is 3.79. The topological polar surface area (TPSA) is 52.6 Å². The van der Waals surface area contributed by atoms with Crippen LogP contribution in [-0.2, 0) is 0 Å². The summed E-state index contributed by atoms with van der Waals surface area (Å²) < 4.78 is 14.9. The Kier molecular flexibility index (Phi) is 5.82. The van der Waals surface area contributed by atoms with Crippen LogP contribution < -0.4 is 5.32 Å². The van der Waals surface area contributed by atoms with Crippen molar-refractivity contribution in [3.8, 4) is 0 Å². The van der Waals surface area contributed by atoms with E-state index in [0.717, 1.165) is 0 Å². The van der Waals surface area contributed by atoms with E-state index < -0.39 is 0 Å². The Balaban J connectivity index is 2.14. The van der Waals surface area contributed by atoms with Crippen LogP contribution in [-0.4, -0.2) is 36.6 Å². The molecule has 0 saturated heterocycles. The maximum Gasteiger partial charge on any atom is 0.262 e. The van der Waals surface area contributed by atoms with Crippen molar-refractivity contribution in [3.63, 3.8) is 0 Å². The number of aliphatic hydroxyl groups is 1. The van der Waals surface area contributed by atoms with Crippen molar-refractivity contribution < 1.29 is 14.3 Å². The normalized spacial score (nSPS) is 19.9. The van der Waals surface area contributed by atoms with Gasteiger partial charge in [0.2, 0.25) is 0 Å². The van der Waals surface area contributed by atoms with Gasteiger partial charge in [0.05, 0.1) is 4.88 Å². The van der Waals surface area contributed by atoms with Crippen LogP contribution in [0.5, 0.6) is 0 Å². The molecule has 1 amide bonds. The number of aliphatic hydroxyl groups excluding tert-OH is 1. The van der Waals surface area contributed by atoms with E-state index in [-0.39, 0.29) is 30.1 Å². The van der Waals surface area contributed by atoms with Gasteiger partial charge in [0, 0.05) is 29.3 Å². The molecule has 1 aliphatic heterocycles. The Morgan fingerprint density at radius 1 is 1.32 bits per heavy atom. The van der Waals surface area contributed by atoms with Crippen LogP contribution in [0.25, 0.3) is 11.1 Å². The summed E-state index contributed by atoms with van der Waals surface area (Å²) in [6, 6.07) is 6.63. The second-order valence-corrected chi connectivity index (χ2v) is 7.81. The van der Waals surface area contributed by atoms with Crippen LogP contribution in [0.1, 0.15) is 39.3 Å². The molecule has 4 nitrogen and oxygen atoms in total. The maximum atomic E-state index is 14.9. The number of thiophene rings is 1. The predicted octanol–water partition coefficient (Wildman–Crippen LogP) is 4.79. The van der Waals surface area contributed by atoms with Crippen molar-refractivity contribution >= 4 is 28.4 Å². The Hall–Kier alpha value is -2.70. The third-order valence-electron chi connectivity index (χ3n) is 4.92. The van der Waals surface area contributed by atoms with Crippen molar-refractivity contribution in [1.29, 1.82) is 0 Å². The summed E-state index contributed by atoms with van der Waals surface area (Å²) in [5.74, 6) is -0.569. The third-order valence-corrected chi connectivity index (χ3v) is 5.84. The van der Waals surface area contributed by atoms with Crippen molar-refractivity contribution in [3.05, 3.63) is 81.5 Å². The first-order chi connectivity index (χ1) is 13.3. The number of halogens is 1. The minimum Gasteiger partial charge on any atom is -0.507 e. The molecule has 1 atom stereocenters. The number of nitrogens with zero attached hydrogens (tertiary/aromatic N) is 1. The number of nitrogens with one attached hydrogen (secondary N) is 1. The summed E-state index contributed by atoms with van der Waals surface area (Å²) >= 11 is 1.31. The van der Waals surface area contributed by atoms with E-state index in [0.29, 0.717) is 32.7 Å². The fourth-order valence-corrected chi connectivity index (χ4v) is 3.96. The fourth-order valence-electron chi connectivity index (χ4n) is 3.12. The van der Waals surface area contributed by atoms with E-state index in [2.05, 4.69) is 11.9 Å². The summed E-state index contributed by atoms with van der Waals surface area (Å²) in [6.45, 7) is 6.32. The van der Waals surface area contributed by atoms with Gasteiger partial charge in [-0.05, 0) is 55.7 Å². The predicted molar refractivity (Wildman–Crippen MR) is 113 cm³/mol. The van der Waals surface area contributed by atoms with Crippen LogP contribution in [0.3, 0.4) is 0 Å². The zero-order valence-corrected chi connectivity index (χ0v) is 16.9. The molecular weight excluding hydrogens is 375 g/mol. The SMILES string of the molecule is C=C1/C(c2ccc(C(C)N(C)C)c(F)c2)=C(O)\C=C/CNC(=O)c2sccc21. The zero-order chi connectivity index (χ0) is 20.4.